The maximum absolute atomic E-state index is 12.1. The largest absolute Gasteiger partial charge is 0.259 e. The number of hydrogen-bond donors (Lipinski definition) is 0. The topological polar surface area (TPSA) is 17.1 Å². The van der Waals surface area contributed by atoms with Crippen LogP contribution in [-0.4, -0.2) is 14.7 Å². The molecule has 0 aliphatic carbocycles. The van der Waals surface area contributed by atoms with E-state index < -0.39 is 10.8 Å². The Balaban J connectivity index is 1.52. The fourth-order valence-electron chi connectivity index (χ4n) is 3.83. The van der Waals surface area contributed by atoms with Crippen molar-refractivity contribution in [2.24, 2.45) is 0 Å². The summed E-state index contributed by atoms with van der Waals surface area (Å²) in [5, 5.41) is 0.911. The zero-order valence-electron chi connectivity index (χ0n) is 13.9. The van der Waals surface area contributed by atoms with E-state index in [9.17, 15) is 4.21 Å². The SMILES string of the molecule is CCCCCCCCCCCC1=CC2CCCC(C1)S2=O. The summed E-state index contributed by atoms with van der Waals surface area (Å²) >= 11 is 0. The van der Waals surface area contributed by atoms with Crippen LogP contribution in [0.3, 0.4) is 0 Å². The second kappa shape index (κ2) is 9.82. The van der Waals surface area contributed by atoms with Crippen molar-refractivity contribution in [2.45, 2.75) is 107 Å². The fraction of sp³-hybridized carbons (Fsp3) is 0.895. The van der Waals surface area contributed by atoms with Crippen LogP contribution in [0.2, 0.25) is 0 Å². The average molecular weight is 311 g/mol. The Hall–Kier alpha value is -0.110. The molecule has 3 unspecified atom stereocenters. The molecule has 122 valence electrons. The molecule has 2 bridgehead atoms. The van der Waals surface area contributed by atoms with Gasteiger partial charge in [0, 0.05) is 16.0 Å². The Morgan fingerprint density at radius 3 is 2.33 bits per heavy atom. The van der Waals surface area contributed by atoms with Crippen molar-refractivity contribution in [1.82, 2.24) is 0 Å². The maximum Gasteiger partial charge on any atom is 0.0533 e. The molecule has 0 N–H and O–H groups in total. The van der Waals surface area contributed by atoms with E-state index in [2.05, 4.69) is 13.0 Å². The van der Waals surface area contributed by atoms with Crippen molar-refractivity contribution >= 4 is 10.8 Å². The molecule has 2 aliphatic heterocycles. The molecule has 2 heteroatoms. The highest BCUT2D eigenvalue weighted by Crippen LogP contribution is 2.34. The minimum atomic E-state index is -0.548. The van der Waals surface area contributed by atoms with Gasteiger partial charge in [-0.3, -0.25) is 4.21 Å². The van der Waals surface area contributed by atoms with Crippen LogP contribution in [0.25, 0.3) is 0 Å². The summed E-state index contributed by atoms with van der Waals surface area (Å²) in [7, 11) is -0.548. The molecule has 0 spiro atoms. The first-order valence-corrected chi connectivity index (χ1v) is 10.7. The smallest absolute Gasteiger partial charge is 0.0533 e. The van der Waals surface area contributed by atoms with Gasteiger partial charge in [-0.2, -0.15) is 0 Å². The third-order valence-corrected chi connectivity index (χ3v) is 7.18. The van der Waals surface area contributed by atoms with E-state index >= 15 is 0 Å². The van der Waals surface area contributed by atoms with Gasteiger partial charge >= 0.3 is 0 Å². The predicted molar refractivity (Wildman–Crippen MR) is 94.1 cm³/mol. The maximum atomic E-state index is 12.1. The predicted octanol–water partition coefficient (Wildman–Crippen LogP) is 5.91. The van der Waals surface area contributed by atoms with Crippen molar-refractivity contribution in [3.63, 3.8) is 0 Å². The van der Waals surface area contributed by atoms with Gasteiger partial charge in [0.05, 0.1) is 5.25 Å². The van der Waals surface area contributed by atoms with Crippen LogP contribution in [0.4, 0.5) is 0 Å². The number of rotatable bonds is 10. The van der Waals surface area contributed by atoms with E-state index in [1.54, 1.807) is 5.57 Å². The minimum absolute atomic E-state index is 0.408. The van der Waals surface area contributed by atoms with E-state index in [-0.39, 0.29) is 0 Å². The molecule has 2 aliphatic rings. The van der Waals surface area contributed by atoms with E-state index in [0.29, 0.717) is 10.5 Å². The molecule has 2 rings (SSSR count). The van der Waals surface area contributed by atoms with Gasteiger partial charge in [0.1, 0.15) is 0 Å². The first-order valence-electron chi connectivity index (χ1n) is 9.40. The Kier molecular flexibility index (Phi) is 8.06. The molecular formula is C19H34OS. The lowest BCUT2D eigenvalue weighted by Crippen LogP contribution is -2.33. The van der Waals surface area contributed by atoms with Crippen LogP contribution in [-0.2, 0) is 10.8 Å². The van der Waals surface area contributed by atoms with Crippen LogP contribution in [0.5, 0.6) is 0 Å². The molecule has 1 saturated heterocycles. The van der Waals surface area contributed by atoms with Crippen molar-refractivity contribution in [3.8, 4) is 0 Å². The Morgan fingerprint density at radius 1 is 1.00 bits per heavy atom. The summed E-state index contributed by atoms with van der Waals surface area (Å²) in [4.78, 5) is 0. The van der Waals surface area contributed by atoms with Gasteiger partial charge in [-0.05, 0) is 32.1 Å². The lowest BCUT2D eigenvalue weighted by atomic mass is 9.94. The van der Waals surface area contributed by atoms with Gasteiger partial charge in [-0.15, -0.1) is 0 Å². The molecule has 21 heavy (non-hydrogen) atoms. The van der Waals surface area contributed by atoms with E-state index in [1.165, 1.54) is 83.5 Å². The van der Waals surface area contributed by atoms with Crippen LogP contribution in [0.1, 0.15) is 96.8 Å². The van der Waals surface area contributed by atoms with Crippen LogP contribution in [0.15, 0.2) is 11.6 Å². The monoisotopic (exact) mass is 310 g/mol. The van der Waals surface area contributed by atoms with E-state index in [0.717, 1.165) is 6.42 Å². The summed E-state index contributed by atoms with van der Waals surface area (Å²) < 4.78 is 12.1. The van der Waals surface area contributed by atoms with E-state index in [1.807, 2.05) is 0 Å². The lowest BCUT2D eigenvalue weighted by Gasteiger charge is -2.32. The van der Waals surface area contributed by atoms with Crippen molar-refractivity contribution in [2.75, 3.05) is 0 Å². The van der Waals surface area contributed by atoms with Crippen molar-refractivity contribution in [3.05, 3.63) is 11.6 Å². The molecular weight excluding hydrogens is 276 g/mol. The number of allylic oxidation sites excluding steroid dienone is 1. The Morgan fingerprint density at radius 2 is 1.67 bits per heavy atom. The number of fused-ring (bicyclic) bond motifs is 2. The zero-order chi connectivity index (χ0) is 14.9. The molecule has 3 atom stereocenters. The van der Waals surface area contributed by atoms with Crippen molar-refractivity contribution in [1.29, 1.82) is 0 Å². The van der Waals surface area contributed by atoms with Crippen LogP contribution in [0, 0.1) is 0 Å². The molecule has 1 nitrogen and oxygen atoms in total. The standard InChI is InChI=1S/C19H34OS/c1-2-3-4-5-6-7-8-9-10-12-17-15-18-13-11-14-19(16-17)21(18)20/h15,18-19H,2-14,16H2,1H3. The summed E-state index contributed by atoms with van der Waals surface area (Å²) in [5.41, 5.74) is 1.63. The second-order valence-corrected chi connectivity index (χ2v) is 8.96. The second-order valence-electron chi connectivity index (χ2n) is 7.03. The summed E-state index contributed by atoms with van der Waals surface area (Å²) in [6.07, 6.45) is 21.1. The molecule has 0 aromatic carbocycles. The van der Waals surface area contributed by atoms with Gasteiger partial charge in [-0.25, -0.2) is 0 Å². The fourth-order valence-corrected chi connectivity index (χ4v) is 5.83. The third-order valence-electron chi connectivity index (χ3n) is 5.15. The van der Waals surface area contributed by atoms with Gasteiger partial charge in [0.25, 0.3) is 0 Å². The normalized spacial score (nSPS) is 28.4. The first-order chi connectivity index (χ1) is 10.3. The Bertz CT molecular complexity index is 347. The first kappa shape index (κ1) is 17.2. The zero-order valence-corrected chi connectivity index (χ0v) is 14.8. The molecule has 0 saturated carbocycles. The quantitative estimate of drug-likeness (QED) is 0.362. The van der Waals surface area contributed by atoms with Crippen LogP contribution >= 0.6 is 0 Å². The number of unbranched alkanes of at least 4 members (excludes halogenated alkanes) is 8. The third kappa shape index (κ3) is 5.88. The number of hydrogen-bond acceptors (Lipinski definition) is 1. The van der Waals surface area contributed by atoms with Gasteiger partial charge in [0.15, 0.2) is 0 Å². The Labute approximate surface area is 134 Å². The molecule has 0 amide bonds. The summed E-state index contributed by atoms with van der Waals surface area (Å²) in [6, 6.07) is 0. The minimum Gasteiger partial charge on any atom is -0.259 e. The molecule has 2 heterocycles. The molecule has 0 aromatic heterocycles. The molecule has 0 aromatic rings. The lowest BCUT2D eigenvalue weighted by molar-refractivity contribution is 0.543. The average Bonchev–Trinajstić information content (AvgIpc) is 2.46. The highest BCUT2D eigenvalue weighted by atomic mass is 32.2. The van der Waals surface area contributed by atoms with Crippen LogP contribution < -0.4 is 0 Å². The summed E-state index contributed by atoms with van der Waals surface area (Å²) in [6.45, 7) is 2.28. The van der Waals surface area contributed by atoms with Gasteiger partial charge < -0.3 is 0 Å². The van der Waals surface area contributed by atoms with E-state index in [4.69, 9.17) is 0 Å². The molecule has 1 fully saturated rings. The molecule has 0 radical (unpaired) electrons. The van der Waals surface area contributed by atoms with Gasteiger partial charge in [0.2, 0.25) is 0 Å². The van der Waals surface area contributed by atoms with Crippen molar-refractivity contribution < 1.29 is 4.21 Å². The highest BCUT2D eigenvalue weighted by molar-refractivity contribution is 7.86. The highest BCUT2D eigenvalue weighted by Gasteiger charge is 2.32. The summed E-state index contributed by atoms with van der Waals surface area (Å²) in [5.74, 6) is 0. The van der Waals surface area contributed by atoms with Gasteiger partial charge in [-0.1, -0.05) is 76.4 Å².